The van der Waals surface area contributed by atoms with Crippen LogP contribution in [0.5, 0.6) is 0 Å². The highest BCUT2D eigenvalue weighted by molar-refractivity contribution is 8.01. The summed E-state index contributed by atoms with van der Waals surface area (Å²) >= 11 is 4.83. The first-order valence-electron chi connectivity index (χ1n) is 6.72. The Hall–Kier alpha value is -1.05. The van der Waals surface area contributed by atoms with Crippen LogP contribution < -0.4 is 5.32 Å². The van der Waals surface area contributed by atoms with Gasteiger partial charge in [0.1, 0.15) is 0 Å². The molecule has 112 valence electrons. The Kier molecular flexibility index (Phi) is 7.05. The standard InChI is InChI=1S/C14H17N3OS3/c1-2-19-14-17-16-13(21-14)15-12(18)9-6-10-20-11-7-4-3-5-8-11/h3-5,7-8H,2,6,9-10H2,1H3,(H,15,16,18). The molecule has 0 unspecified atom stereocenters. The lowest BCUT2D eigenvalue weighted by atomic mass is 10.3. The van der Waals surface area contributed by atoms with Gasteiger partial charge < -0.3 is 5.32 Å². The van der Waals surface area contributed by atoms with Gasteiger partial charge in [0.15, 0.2) is 4.34 Å². The largest absolute Gasteiger partial charge is 0.301 e. The Morgan fingerprint density at radius 2 is 2.05 bits per heavy atom. The molecule has 4 nitrogen and oxygen atoms in total. The fourth-order valence-electron chi connectivity index (χ4n) is 1.56. The van der Waals surface area contributed by atoms with Crippen molar-refractivity contribution >= 4 is 45.9 Å². The first-order chi connectivity index (χ1) is 10.3. The van der Waals surface area contributed by atoms with Gasteiger partial charge in [-0.2, -0.15) is 0 Å². The van der Waals surface area contributed by atoms with Gasteiger partial charge in [-0.3, -0.25) is 4.79 Å². The quantitative estimate of drug-likeness (QED) is 0.444. The van der Waals surface area contributed by atoms with E-state index in [1.807, 2.05) is 18.2 Å². The summed E-state index contributed by atoms with van der Waals surface area (Å²) in [4.78, 5) is 13.0. The molecular weight excluding hydrogens is 322 g/mol. The first-order valence-corrected chi connectivity index (χ1v) is 9.50. The fraction of sp³-hybridized carbons (Fsp3) is 0.357. The molecule has 1 N–H and O–H groups in total. The van der Waals surface area contributed by atoms with Gasteiger partial charge in [0.05, 0.1) is 0 Å². The molecule has 2 rings (SSSR count). The lowest BCUT2D eigenvalue weighted by Gasteiger charge is -2.02. The molecule has 0 radical (unpaired) electrons. The van der Waals surface area contributed by atoms with Crippen molar-refractivity contribution in [2.45, 2.75) is 29.0 Å². The summed E-state index contributed by atoms with van der Waals surface area (Å²) in [6.45, 7) is 2.06. The van der Waals surface area contributed by atoms with E-state index in [1.165, 1.54) is 16.2 Å². The molecular formula is C14H17N3OS3. The summed E-state index contributed by atoms with van der Waals surface area (Å²) in [5.41, 5.74) is 0. The van der Waals surface area contributed by atoms with E-state index in [1.54, 1.807) is 23.5 Å². The van der Waals surface area contributed by atoms with Crippen LogP contribution >= 0.6 is 34.9 Å². The first kappa shape index (κ1) is 16.3. The number of benzene rings is 1. The normalized spacial score (nSPS) is 10.5. The van der Waals surface area contributed by atoms with Gasteiger partial charge in [-0.05, 0) is 30.1 Å². The van der Waals surface area contributed by atoms with Crippen LogP contribution in [0.15, 0.2) is 39.6 Å². The Balaban J connectivity index is 1.65. The van der Waals surface area contributed by atoms with Gasteiger partial charge in [0, 0.05) is 11.3 Å². The zero-order valence-corrected chi connectivity index (χ0v) is 14.2. The molecule has 1 aromatic carbocycles. The van der Waals surface area contributed by atoms with E-state index in [9.17, 15) is 4.79 Å². The van der Waals surface area contributed by atoms with Crippen molar-refractivity contribution in [1.82, 2.24) is 10.2 Å². The average molecular weight is 340 g/mol. The van der Waals surface area contributed by atoms with Crippen molar-refractivity contribution < 1.29 is 4.79 Å². The molecule has 1 amide bonds. The maximum atomic E-state index is 11.8. The van der Waals surface area contributed by atoms with Crippen molar-refractivity contribution in [3.63, 3.8) is 0 Å². The SMILES string of the molecule is CCSc1nnc(NC(=O)CCCSc2ccccc2)s1. The van der Waals surface area contributed by atoms with E-state index < -0.39 is 0 Å². The molecule has 0 saturated heterocycles. The summed E-state index contributed by atoms with van der Waals surface area (Å²) in [5.74, 6) is 1.90. The minimum Gasteiger partial charge on any atom is -0.301 e. The second-order valence-electron chi connectivity index (χ2n) is 4.12. The topological polar surface area (TPSA) is 54.9 Å². The van der Waals surface area contributed by atoms with E-state index in [2.05, 4.69) is 34.6 Å². The number of aromatic nitrogens is 2. The molecule has 0 atom stereocenters. The van der Waals surface area contributed by atoms with Crippen molar-refractivity contribution in [2.75, 3.05) is 16.8 Å². The smallest absolute Gasteiger partial charge is 0.226 e. The maximum absolute atomic E-state index is 11.8. The predicted molar refractivity (Wildman–Crippen MR) is 91.3 cm³/mol. The number of rotatable bonds is 8. The third-order valence-corrected chi connectivity index (χ3v) is 5.43. The highest BCUT2D eigenvalue weighted by atomic mass is 32.2. The number of carbonyl (C=O) groups is 1. The van der Waals surface area contributed by atoms with Crippen molar-refractivity contribution in [2.24, 2.45) is 0 Å². The zero-order chi connectivity index (χ0) is 14.9. The molecule has 0 fully saturated rings. The van der Waals surface area contributed by atoms with Gasteiger partial charge in [-0.1, -0.05) is 48.2 Å². The van der Waals surface area contributed by atoms with Crippen LogP contribution in [0.1, 0.15) is 19.8 Å². The van der Waals surface area contributed by atoms with Gasteiger partial charge in [0.2, 0.25) is 11.0 Å². The van der Waals surface area contributed by atoms with Crippen LogP contribution in [0.25, 0.3) is 0 Å². The number of anilines is 1. The summed E-state index contributed by atoms with van der Waals surface area (Å²) in [5, 5.41) is 11.4. The van der Waals surface area contributed by atoms with Gasteiger partial charge in [-0.25, -0.2) is 0 Å². The number of hydrogen-bond donors (Lipinski definition) is 1. The van der Waals surface area contributed by atoms with Crippen LogP contribution in [0.3, 0.4) is 0 Å². The van der Waals surface area contributed by atoms with Gasteiger partial charge >= 0.3 is 0 Å². The third-order valence-electron chi connectivity index (χ3n) is 2.48. The second kappa shape index (κ2) is 9.07. The predicted octanol–water partition coefficient (Wildman–Crippen LogP) is 4.16. The van der Waals surface area contributed by atoms with Crippen molar-refractivity contribution in [3.05, 3.63) is 30.3 Å². The summed E-state index contributed by atoms with van der Waals surface area (Å²) in [6.07, 6.45) is 1.36. The monoisotopic (exact) mass is 339 g/mol. The number of nitrogens with one attached hydrogen (secondary N) is 1. The molecule has 0 saturated carbocycles. The van der Waals surface area contributed by atoms with E-state index in [4.69, 9.17) is 0 Å². The maximum Gasteiger partial charge on any atom is 0.226 e. The Labute approximate surface area is 137 Å². The van der Waals surface area contributed by atoms with Crippen LogP contribution in [-0.2, 0) is 4.79 Å². The zero-order valence-electron chi connectivity index (χ0n) is 11.7. The van der Waals surface area contributed by atoms with E-state index in [-0.39, 0.29) is 5.91 Å². The molecule has 0 aliphatic heterocycles. The van der Waals surface area contributed by atoms with Crippen molar-refractivity contribution in [3.8, 4) is 0 Å². The molecule has 7 heteroatoms. The van der Waals surface area contributed by atoms with Gasteiger partial charge in [0.25, 0.3) is 0 Å². The molecule has 0 aliphatic rings. The van der Waals surface area contributed by atoms with Crippen LogP contribution in [0.2, 0.25) is 0 Å². The van der Waals surface area contributed by atoms with Crippen LogP contribution in [0.4, 0.5) is 5.13 Å². The Morgan fingerprint density at radius 1 is 1.24 bits per heavy atom. The van der Waals surface area contributed by atoms with E-state index in [0.717, 1.165) is 22.3 Å². The third kappa shape index (κ3) is 6.07. The van der Waals surface area contributed by atoms with Crippen LogP contribution in [-0.4, -0.2) is 27.6 Å². The molecule has 21 heavy (non-hydrogen) atoms. The fourth-order valence-corrected chi connectivity index (χ4v) is 4.10. The Morgan fingerprint density at radius 3 is 2.81 bits per heavy atom. The minimum absolute atomic E-state index is 0.00728. The number of nitrogens with zero attached hydrogens (tertiary/aromatic N) is 2. The van der Waals surface area contributed by atoms with Gasteiger partial charge in [-0.15, -0.1) is 22.0 Å². The van der Waals surface area contributed by atoms with E-state index >= 15 is 0 Å². The summed E-state index contributed by atoms with van der Waals surface area (Å²) in [6, 6.07) is 10.2. The summed E-state index contributed by atoms with van der Waals surface area (Å²) < 4.78 is 0.896. The molecule has 2 aromatic rings. The minimum atomic E-state index is 0.00728. The van der Waals surface area contributed by atoms with Crippen molar-refractivity contribution in [1.29, 1.82) is 0 Å². The molecule has 0 spiro atoms. The van der Waals surface area contributed by atoms with E-state index in [0.29, 0.717) is 11.6 Å². The lowest BCUT2D eigenvalue weighted by Crippen LogP contribution is -2.11. The number of hydrogen-bond acceptors (Lipinski definition) is 6. The molecule has 0 aliphatic carbocycles. The number of amides is 1. The number of carbonyl (C=O) groups excluding carboxylic acids is 1. The highest BCUT2D eigenvalue weighted by Gasteiger charge is 2.08. The molecule has 1 heterocycles. The average Bonchev–Trinajstić information content (AvgIpc) is 2.92. The second-order valence-corrected chi connectivity index (χ2v) is 7.78. The Bertz CT molecular complexity index is 560. The lowest BCUT2D eigenvalue weighted by molar-refractivity contribution is -0.116. The number of thioether (sulfide) groups is 2. The highest BCUT2D eigenvalue weighted by Crippen LogP contribution is 2.25. The molecule has 0 bridgehead atoms. The van der Waals surface area contributed by atoms with Crippen LogP contribution in [0, 0.1) is 0 Å². The summed E-state index contributed by atoms with van der Waals surface area (Å²) in [7, 11) is 0. The molecule has 1 aromatic heterocycles.